The summed E-state index contributed by atoms with van der Waals surface area (Å²) in [4.78, 5) is 17.1. The predicted molar refractivity (Wildman–Crippen MR) is 108 cm³/mol. The van der Waals surface area contributed by atoms with Gasteiger partial charge in [-0.2, -0.15) is 5.10 Å². The summed E-state index contributed by atoms with van der Waals surface area (Å²) in [7, 11) is -3.28. The number of rotatable bonds is 7. The van der Waals surface area contributed by atoms with E-state index in [1.54, 1.807) is 44.3 Å². The minimum absolute atomic E-state index is 0.0891. The maximum atomic E-state index is 12.6. The first-order valence-electron chi connectivity index (χ1n) is 9.66. The Balaban J connectivity index is 1.48. The molecule has 0 saturated carbocycles. The lowest BCUT2D eigenvalue weighted by Gasteiger charge is -2.34. The first-order valence-corrected chi connectivity index (χ1v) is 11.2. The lowest BCUT2D eigenvalue weighted by atomic mass is 10.1. The molecule has 0 N–H and O–H groups in total. The molecule has 1 aliphatic rings. The number of nitrogens with zero attached hydrogens (tertiary/aromatic N) is 4. The Morgan fingerprint density at radius 2 is 1.75 bits per heavy atom. The molecule has 0 aliphatic carbocycles. The van der Waals surface area contributed by atoms with Crippen molar-refractivity contribution in [3.8, 4) is 0 Å². The van der Waals surface area contributed by atoms with Crippen molar-refractivity contribution in [1.29, 1.82) is 0 Å². The van der Waals surface area contributed by atoms with Crippen LogP contribution >= 0.6 is 0 Å². The molecule has 0 unspecified atom stereocenters. The minimum atomic E-state index is -3.28. The van der Waals surface area contributed by atoms with E-state index >= 15 is 0 Å². The first kappa shape index (κ1) is 20.5. The molecular formula is C20H28N4O3S. The summed E-state index contributed by atoms with van der Waals surface area (Å²) in [5.41, 5.74) is 0.841. The number of piperazine rings is 1. The summed E-state index contributed by atoms with van der Waals surface area (Å²) in [6.45, 7) is 8.28. The monoisotopic (exact) mass is 404 g/mol. The molecule has 2 heterocycles. The molecule has 0 spiro atoms. The summed E-state index contributed by atoms with van der Waals surface area (Å²) >= 11 is 0. The second kappa shape index (κ2) is 8.87. The summed E-state index contributed by atoms with van der Waals surface area (Å²) in [6, 6.07) is 8.61. The van der Waals surface area contributed by atoms with Gasteiger partial charge in [-0.15, -0.1) is 0 Å². The molecule has 28 heavy (non-hydrogen) atoms. The number of hydrogen-bond acceptors (Lipinski definition) is 5. The van der Waals surface area contributed by atoms with Crippen molar-refractivity contribution < 1.29 is 13.2 Å². The number of aromatic nitrogens is 2. The Morgan fingerprint density at radius 3 is 2.32 bits per heavy atom. The van der Waals surface area contributed by atoms with Gasteiger partial charge in [-0.05, 0) is 37.6 Å². The van der Waals surface area contributed by atoms with E-state index in [1.165, 1.54) is 0 Å². The van der Waals surface area contributed by atoms with Crippen LogP contribution in [0.1, 0.15) is 19.4 Å². The minimum Gasteiger partial charge on any atom is -0.340 e. The van der Waals surface area contributed by atoms with E-state index in [4.69, 9.17) is 0 Å². The number of carbonyl (C=O) groups is 1. The van der Waals surface area contributed by atoms with Crippen molar-refractivity contribution in [3.05, 3.63) is 48.3 Å². The number of sulfone groups is 1. The molecule has 0 bridgehead atoms. The zero-order valence-electron chi connectivity index (χ0n) is 16.5. The fourth-order valence-corrected chi connectivity index (χ4v) is 4.31. The maximum absolute atomic E-state index is 12.6. The standard InChI is InChI=1S/C20H28N4O3S/c1-17(2)28(26,27)19-6-4-18(5-7-19)16-20(25)23-13-10-22(11-14-23)12-15-24-9-3-8-21-24/h3-9,17H,10-16H2,1-2H3. The second-order valence-corrected chi connectivity index (χ2v) is 9.91. The normalized spacial score (nSPS) is 15.9. The Kier molecular flexibility index (Phi) is 6.51. The van der Waals surface area contributed by atoms with Crippen LogP contribution in [-0.2, 0) is 27.6 Å². The van der Waals surface area contributed by atoms with Gasteiger partial charge < -0.3 is 4.90 Å². The molecule has 1 aliphatic heterocycles. The molecule has 2 aromatic rings. The number of benzene rings is 1. The molecule has 3 rings (SSSR count). The molecule has 7 nitrogen and oxygen atoms in total. The second-order valence-electron chi connectivity index (χ2n) is 7.41. The van der Waals surface area contributed by atoms with Crippen LogP contribution in [0.5, 0.6) is 0 Å². The fraction of sp³-hybridized carbons (Fsp3) is 0.500. The van der Waals surface area contributed by atoms with E-state index in [0.29, 0.717) is 11.3 Å². The van der Waals surface area contributed by atoms with Gasteiger partial charge in [-0.25, -0.2) is 8.42 Å². The van der Waals surface area contributed by atoms with E-state index in [9.17, 15) is 13.2 Å². The molecule has 1 aromatic carbocycles. The summed E-state index contributed by atoms with van der Waals surface area (Å²) in [6.07, 6.45) is 4.04. The van der Waals surface area contributed by atoms with E-state index in [1.807, 2.05) is 21.8 Å². The topological polar surface area (TPSA) is 75.5 Å². The summed E-state index contributed by atoms with van der Waals surface area (Å²) < 4.78 is 26.3. The van der Waals surface area contributed by atoms with Crippen molar-refractivity contribution >= 4 is 15.7 Å². The van der Waals surface area contributed by atoms with Crippen LogP contribution in [0.3, 0.4) is 0 Å². The number of hydrogen-bond donors (Lipinski definition) is 0. The smallest absolute Gasteiger partial charge is 0.227 e. The van der Waals surface area contributed by atoms with Crippen molar-refractivity contribution in [2.24, 2.45) is 0 Å². The first-order chi connectivity index (χ1) is 13.4. The molecule has 1 aromatic heterocycles. The molecule has 1 amide bonds. The molecule has 0 atom stereocenters. The van der Waals surface area contributed by atoms with E-state index in [2.05, 4.69) is 10.00 Å². The van der Waals surface area contributed by atoms with Crippen LogP contribution in [0.25, 0.3) is 0 Å². The third-order valence-electron chi connectivity index (χ3n) is 5.16. The third kappa shape index (κ3) is 4.99. The van der Waals surface area contributed by atoms with Crippen LogP contribution in [0.4, 0.5) is 0 Å². The third-order valence-corrected chi connectivity index (χ3v) is 7.33. The van der Waals surface area contributed by atoms with Crippen LogP contribution in [0.15, 0.2) is 47.6 Å². The fourth-order valence-electron chi connectivity index (χ4n) is 3.25. The van der Waals surface area contributed by atoms with Gasteiger partial charge in [0, 0.05) is 45.1 Å². The van der Waals surface area contributed by atoms with Crippen molar-refractivity contribution in [2.75, 3.05) is 32.7 Å². The zero-order chi connectivity index (χ0) is 20.1. The Labute approximate surface area is 166 Å². The van der Waals surface area contributed by atoms with Gasteiger partial charge in [-0.1, -0.05) is 12.1 Å². The van der Waals surface area contributed by atoms with Gasteiger partial charge in [0.1, 0.15) is 0 Å². The summed E-state index contributed by atoms with van der Waals surface area (Å²) in [5.74, 6) is 0.0891. The Hall–Kier alpha value is -2.19. The largest absolute Gasteiger partial charge is 0.340 e. The lowest BCUT2D eigenvalue weighted by Crippen LogP contribution is -2.49. The highest BCUT2D eigenvalue weighted by atomic mass is 32.2. The lowest BCUT2D eigenvalue weighted by molar-refractivity contribution is -0.132. The van der Waals surface area contributed by atoms with Gasteiger partial charge in [0.05, 0.1) is 23.1 Å². The predicted octanol–water partition coefficient (Wildman–Crippen LogP) is 1.45. The van der Waals surface area contributed by atoms with Gasteiger partial charge in [0.25, 0.3) is 0 Å². The molecule has 0 radical (unpaired) electrons. The van der Waals surface area contributed by atoms with E-state index in [0.717, 1.165) is 44.8 Å². The summed E-state index contributed by atoms with van der Waals surface area (Å²) in [5, 5.41) is 3.76. The quantitative estimate of drug-likeness (QED) is 0.698. The molecule has 152 valence electrons. The SMILES string of the molecule is CC(C)S(=O)(=O)c1ccc(CC(=O)N2CCN(CCn3cccn3)CC2)cc1. The van der Waals surface area contributed by atoms with Crippen LogP contribution in [0.2, 0.25) is 0 Å². The highest BCUT2D eigenvalue weighted by Gasteiger charge is 2.22. The average molecular weight is 405 g/mol. The van der Waals surface area contributed by atoms with Gasteiger partial charge in [-0.3, -0.25) is 14.4 Å². The van der Waals surface area contributed by atoms with Crippen LogP contribution < -0.4 is 0 Å². The molecule has 1 fully saturated rings. The van der Waals surface area contributed by atoms with E-state index < -0.39 is 15.1 Å². The van der Waals surface area contributed by atoms with Crippen LogP contribution in [-0.4, -0.2) is 71.9 Å². The van der Waals surface area contributed by atoms with Crippen molar-refractivity contribution in [1.82, 2.24) is 19.6 Å². The zero-order valence-corrected chi connectivity index (χ0v) is 17.3. The van der Waals surface area contributed by atoms with Gasteiger partial charge >= 0.3 is 0 Å². The van der Waals surface area contributed by atoms with Gasteiger partial charge in [0.2, 0.25) is 5.91 Å². The molecule has 8 heteroatoms. The van der Waals surface area contributed by atoms with E-state index in [-0.39, 0.29) is 5.91 Å². The Morgan fingerprint density at radius 1 is 1.07 bits per heavy atom. The number of amides is 1. The maximum Gasteiger partial charge on any atom is 0.227 e. The highest BCUT2D eigenvalue weighted by molar-refractivity contribution is 7.92. The Bertz CT molecular complexity index is 869. The molecule has 1 saturated heterocycles. The van der Waals surface area contributed by atoms with Crippen LogP contribution in [0, 0.1) is 0 Å². The van der Waals surface area contributed by atoms with Crippen molar-refractivity contribution in [3.63, 3.8) is 0 Å². The average Bonchev–Trinajstić information content (AvgIpc) is 3.20. The molecular weight excluding hydrogens is 376 g/mol. The number of carbonyl (C=O) groups excluding carboxylic acids is 1. The highest BCUT2D eigenvalue weighted by Crippen LogP contribution is 2.17. The van der Waals surface area contributed by atoms with Crippen molar-refractivity contribution in [2.45, 2.75) is 37.0 Å². The van der Waals surface area contributed by atoms with Gasteiger partial charge in [0.15, 0.2) is 9.84 Å².